The lowest BCUT2D eigenvalue weighted by Crippen LogP contribution is -2.59. The van der Waals surface area contributed by atoms with Gasteiger partial charge in [0.15, 0.2) is 0 Å². The van der Waals surface area contributed by atoms with Crippen molar-refractivity contribution in [3.05, 3.63) is 70.7 Å². The van der Waals surface area contributed by atoms with E-state index in [2.05, 4.69) is 0 Å². The lowest BCUT2D eigenvalue weighted by molar-refractivity contribution is -0.156. The highest BCUT2D eigenvalue weighted by atomic mass is 35.5. The SMILES string of the molecule is O=C(Cc1ccc(Cl)cc1)N1CCC2C(=O)N(Cc3ccccc3)CC(=O)N2CC1. The van der Waals surface area contributed by atoms with Crippen molar-refractivity contribution in [1.29, 1.82) is 0 Å². The average molecular weight is 426 g/mol. The summed E-state index contributed by atoms with van der Waals surface area (Å²) >= 11 is 5.91. The van der Waals surface area contributed by atoms with E-state index in [1.165, 1.54) is 0 Å². The maximum absolute atomic E-state index is 13.1. The Bertz CT molecular complexity index is 932. The average Bonchev–Trinajstić information content (AvgIpc) is 2.98. The Kier molecular flexibility index (Phi) is 6.04. The molecule has 30 heavy (non-hydrogen) atoms. The van der Waals surface area contributed by atoms with Gasteiger partial charge >= 0.3 is 0 Å². The van der Waals surface area contributed by atoms with Crippen molar-refractivity contribution >= 4 is 29.3 Å². The third kappa shape index (κ3) is 4.49. The first-order valence-electron chi connectivity index (χ1n) is 10.2. The summed E-state index contributed by atoms with van der Waals surface area (Å²) in [6, 6.07) is 16.4. The van der Waals surface area contributed by atoms with Crippen LogP contribution in [0.25, 0.3) is 0 Å². The zero-order valence-electron chi connectivity index (χ0n) is 16.7. The molecule has 1 unspecified atom stereocenters. The number of nitrogens with zero attached hydrogens (tertiary/aromatic N) is 3. The molecule has 4 rings (SSSR count). The molecule has 0 N–H and O–H groups in total. The highest BCUT2D eigenvalue weighted by Crippen LogP contribution is 2.21. The zero-order chi connectivity index (χ0) is 21.1. The monoisotopic (exact) mass is 425 g/mol. The van der Waals surface area contributed by atoms with Gasteiger partial charge in [-0.15, -0.1) is 0 Å². The Balaban J connectivity index is 1.41. The summed E-state index contributed by atoms with van der Waals surface area (Å²) in [6.45, 7) is 1.81. The van der Waals surface area contributed by atoms with Crippen LogP contribution < -0.4 is 0 Å². The molecular weight excluding hydrogens is 402 g/mol. The zero-order valence-corrected chi connectivity index (χ0v) is 17.4. The number of piperazine rings is 1. The predicted molar refractivity (Wildman–Crippen MR) is 114 cm³/mol. The molecule has 0 aromatic heterocycles. The predicted octanol–water partition coefficient (Wildman–Crippen LogP) is 2.35. The van der Waals surface area contributed by atoms with Crippen molar-refractivity contribution in [2.24, 2.45) is 0 Å². The fraction of sp³-hybridized carbons (Fsp3) is 0.348. The molecule has 2 fully saturated rings. The summed E-state index contributed by atoms with van der Waals surface area (Å²) in [5, 5.41) is 0.634. The molecule has 2 aromatic carbocycles. The van der Waals surface area contributed by atoms with Crippen LogP contribution in [0.2, 0.25) is 5.02 Å². The maximum Gasteiger partial charge on any atom is 0.246 e. The number of carbonyl (C=O) groups excluding carboxylic acids is 3. The van der Waals surface area contributed by atoms with Gasteiger partial charge in [-0.25, -0.2) is 0 Å². The minimum absolute atomic E-state index is 0.00166. The Hall–Kier alpha value is -2.86. The Morgan fingerprint density at radius 1 is 0.933 bits per heavy atom. The Morgan fingerprint density at radius 3 is 2.40 bits per heavy atom. The minimum atomic E-state index is -0.497. The molecule has 2 aliphatic rings. The standard InChI is InChI=1S/C23H24ClN3O3/c24-19-8-6-17(7-9-19)14-21(28)25-11-10-20-23(30)26(15-18-4-2-1-3-5-18)16-22(29)27(20)13-12-25/h1-9,20H,10-16H2. The molecule has 3 amide bonds. The topological polar surface area (TPSA) is 60.9 Å². The van der Waals surface area contributed by atoms with Crippen LogP contribution in [0, 0.1) is 0 Å². The van der Waals surface area contributed by atoms with Crippen molar-refractivity contribution in [3.8, 4) is 0 Å². The van der Waals surface area contributed by atoms with Gasteiger partial charge in [0, 0.05) is 31.2 Å². The first-order chi connectivity index (χ1) is 14.5. The van der Waals surface area contributed by atoms with E-state index in [9.17, 15) is 14.4 Å². The van der Waals surface area contributed by atoms with Gasteiger partial charge in [0.1, 0.15) is 12.6 Å². The highest BCUT2D eigenvalue weighted by molar-refractivity contribution is 6.30. The van der Waals surface area contributed by atoms with Gasteiger partial charge in [-0.05, 0) is 29.7 Å². The van der Waals surface area contributed by atoms with Crippen molar-refractivity contribution in [2.45, 2.75) is 25.4 Å². The van der Waals surface area contributed by atoms with Crippen LogP contribution in [0.3, 0.4) is 0 Å². The third-order valence-electron chi connectivity index (χ3n) is 5.74. The summed E-state index contributed by atoms with van der Waals surface area (Å²) in [6.07, 6.45) is 0.742. The number of benzene rings is 2. The fourth-order valence-corrected chi connectivity index (χ4v) is 4.23. The molecule has 0 aliphatic carbocycles. The molecule has 2 aliphatic heterocycles. The molecule has 7 heteroatoms. The van der Waals surface area contributed by atoms with Gasteiger partial charge in [0.2, 0.25) is 17.7 Å². The molecule has 2 heterocycles. The first kappa shape index (κ1) is 20.4. The lowest BCUT2D eigenvalue weighted by Gasteiger charge is -2.39. The Labute approximate surface area is 181 Å². The van der Waals surface area contributed by atoms with Crippen LogP contribution in [0.5, 0.6) is 0 Å². The van der Waals surface area contributed by atoms with Crippen LogP contribution in [-0.4, -0.2) is 64.6 Å². The highest BCUT2D eigenvalue weighted by Gasteiger charge is 2.41. The second-order valence-electron chi connectivity index (χ2n) is 7.76. The number of fused-ring (bicyclic) bond motifs is 1. The minimum Gasteiger partial charge on any atom is -0.341 e. The van der Waals surface area contributed by atoms with E-state index in [1.54, 1.807) is 26.8 Å². The summed E-state index contributed by atoms with van der Waals surface area (Å²) in [7, 11) is 0. The van der Waals surface area contributed by atoms with E-state index >= 15 is 0 Å². The molecule has 6 nitrogen and oxygen atoms in total. The normalized spacial score (nSPS) is 19.5. The van der Waals surface area contributed by atoms with Crippen LogP contribution in [0.1, 0.15) is 17.5 Å². The number of halogens is 1. The molecule has 1 atom stereocenters. The summed E-state index contributed by atoms with van der Waals surface area (Å²) in [5.41, 5.74) is 1.90. The number of hydrogen-bond acceptors (Lipinski definition) is 3. The second-order valence-corrected chi connectivity index (χ2v) is 8.19. The van der Waals surface area contributed by atoms with Crippen molar-refractivity contribution in [3.63, 3.8) is 0 Å². The van der Waals surface area contributed by atoms with Gasteiger partial charge in [0.05, 0.1) is 6.42 Å². The quantitative estimate of drug-likeness (QED) is 0.755. The van der Waals surface area contributed by atoms with Gasteiger partial charge in [-0.3, -0.25) is 14.4 Å². The lowest BCUT2D eigenvalue weighted by atomic mass is 10.1. The van der Waals surface area contributed by atoms with Crippen LogP contribution in [0.15, 0.2) is 54.6 Å². The summed E-state index contributed by atoms with van der Waals surface area (Å²) < 4.78 is 0. The molecule has 2 saturated heterocycles. The molecule has 0 radical (unpaired) electrons. The van der Waals surface area contributed by atoms with Crippen molar-refractivity contribution in [2.75, 3.05) is 26.2 Å². The number of rotatable bonds is 4. The van der Waals surface area contributed by atoms with Gasteiger partial charge in [-0.1, -0.05) is 54.1 Å². The van der Waals surface area contributed by atoms with E-state index in [0.29, 0.717) is 37.6 Å². The summed E-state index contributed by atoms with van der Waals surface area (Å²) in [5.74, 6) is -0.0915. The van der Waals surface area contributed by atoms with Gasteiger partial charge in [-0.2, -0.15) is 0 Å². The number of amides is 3. The largest absolute Gasteiger partial charge is 0.341 e. The van der Waals surface area contributed by atoms with E-state index in [0.717, 1.165) is 11.1 Å². The van der Waals surface area contributed by atoms with Crippen LogP contribution >= 0.6 is 11.6 Å². The fourth-order valence-electron chi connectivity index (χ4n) is 4.10. The first-order valence-corrected chi connectivity index (χ1v) is 10.5. The van der Waals surface area contributed by atoms with Gasteiger partial charge < -0.3 is 14.7 Å². The van der Waals surface area contributed by atoms with Crippen molar-refractivity contribution in [1.82, 2.24) is 14.7 Å². The van der Waals surface area contributed by atoms with E-state index in [1.807, 2.05) is 42.5 Å². The molecule has 0 saturated carbocycles. The molecular formula is C23H24ClN3O3. The Morgan fingerprint density at radius 2 is 1.67 bits per heavy atom. The van der Waals surface area contributed by atoms with Gasteiger partial charge in [0.25, 0.3) is 0 Å². The van der Waals surface area contributed by atoms with E-state index in [4.69, 9.17) is 11.6 Å². The van der Waals surface area contributed by atoms with E-state index < -0.39 is 6.04 Å². The van der Waals surface area contributed by atoms with Crippen LogP contribution in [-0.2, 0) is 27.3 Å². The molecule has 0 bridgehead atoms. The smallest absolute Gasteiger partial charge is 0.246 e. The molecule has 156 valence electrons. The van der Waals surface area contributed by atoms with E-state index in [-0.39, 0.29) is 30.7 Å². The number of hydrogen-bond donors (Lipinski definition) is 0. The maximum atomic E-state index is 13.1. The third-order valence-corrected chi connectivity index (χ3v) is 5.99. The molecule has 2 aromatic rings. The summed E-state index contributed by atoms with van der Waals surface area (Å²) in [4.78, 5) is 43.6. The van der Waals surface area contributed by atoms with Crippen molar-refractivity contribution < 1.29 is 14.4 Å². The number of carbonyl (C=O) groups is 3. The second kappa shape index (κ2) is 8.88. The molecule has 0 spiro atoms. The van der Waals surface area contributed by atoms with Crippen LogP contribution in [0.4, 0.5) is 0 Å².